The molecule has 0 aliphatic rings. The molecule has 0 fully saturated rings. The largest absolute Gasteiger partial charge is 0.493 e. The lowest BCUT2D eigenvalue weighted by Gasteiger charge is -2.09. The number of nitrogens with zero attached hydrogens (tertiary/aromatic N) is 1. The minimum atomic E-state index is -1.01. The first-order valence-corrected chi connectivity index (χ1v) is 8.55. The molecule has 0 aliphatic carbocycles. The van der Waals surface area contributed by atoms with Gasteiger partial charge in [0.05, 0.1) is 20.1 Å². The number of aliphatic carboxylic acids is 1. The fourth-order valence-corrected chi connectivity index (χ4v) is 2.63. The van der Waals surface area contributed by atoms with E-state index in [1.54, 1.807) is 12.1 Å². The van der Waals surface area contributed by atoms with Crippen LogP contribution in [0.4, 0.5) is 0 Å². The van der Waals surface area contributed by atoms with Crippen LogP contribution in [0.1, 0.15) is 39.9 Å². The molecule has 0 saturated heterocycles. The Morgan fingerprint density at radius 2 is 1.78 bits per heavy atom. The van der Waals surface area contributed by atoms with Crippen LogP contribution in [0.15, 0.2) is 41.4 Å². The van der Waals surface area contributed by atoms with E-state index < -0.39 is 5.97 Å². The molecule has 0 amide bonds. The molecule has 0 bridgehead atoms. The first-order chi connectivity index (χ1) is 12.9. The van der Waals surface area contributed by atoms with Crippen molar-refractivity contribution in [1.82, 2.24) is 0 Å². The third-order valence-corrected chi connectivity index (χ3v) is 4.20. The zero-order valence-corrected chi connectivity index (χ0v) is 15.7. The van der Waals surface area contributed by atoms with Gasteiger partial charge in [-0.2, -0.15) is 0 Å². The standard InChI is InChI=1S/C21H23NO5/c1-14-5-4-6-15(2)17(14)12-22-13-27-20-11-16(7-9-19(20)26-3)18(23)8-10-21(24)25/h4-7,9,11,13H,8,10,12H2,1-3H3,(H,24,25). The third kappa shape index (κ3) is 5.67. The molecule has 6 heteroatoms. The number of carboxylic acids is 1. The van der Waals surface area contributed by atoms with Crippen LogP contribution >= 0.6 is 0 Å². The van der Waals surface area contributed by atoms with Gasteiger partial charge in [0, 0.05) is 12.0 Å². The van der Waals surface area contributed by atoms with Gasteiger partial charge in [-0.25, -0.2) is 0 Å². The van der Waals surface area contributed by atoms with Crippen LogP contribution in [0, 0.1) is 13.8 Å². The van der Waals surface area contributed by atoms with Crippen molar-refractivity contribution in [2.45, 2.75) is 33.2 Å². The maximum Gasteiger partial charge on any atom is 0.303 e. The van der Waals surface area contributed by atoms with Crippen molar-refractivity contribution in [1.29, 1.82) is 0 Å². The summed E-state index contributed by atoms with van der Waals surface area (Å²) in [5, 5.41) is 8.71. The molecular weight excluding hydrogens is 346 g/mol. The Kier molecular flexibility index (Phi) is 7.11. The van der Waals surface area contributed by atoms with Crippen LogP contribution in [0.5, 0.6) is 11.5 Å². The van der Waals surface area contributed by atoms with Crippen LogP contribution in [-0.4, -0.2) is 30.4 Å². The van der Waals surface area contributed by atoms with Crippen molar-refractivity contribution in [2.24, 2.45) is 4.99 Å². The van der Waals surface area contributed by atoms with Gasteiger partial charge >= 0.3 is 5.97 Å². The van der Waals surface area contributed by atoms with Crippen molar-refractivity contribution in [3.05, 3.63) is 58.7 Å². The van der Waals surface area contributed by atoms with Gasteiger partial charge in [0.15, 0.2) is 23.7 Å². The topological polar surface area (TPSA) is 85.2 Å². The first kappa shape index (κ1) is 20.2. The SMILES string of the molecule is COc1ccc(C(=O)CCC(=O)O)cc1OC=NCc1c(C)cccc1C. The highest BCUT2D eigenvalue weighted by Gasteiger charge is 2.12. The zero-order chi connectivity index (χ0) is 19.8. The predicted molar refractivity (Wildman–Crippen MR) is 103 cm³/mol. The molecule has 1 N–H and O–H groups in total. The number of benzene rings is 2. The molecule has 2 aromatic rings. The summed E-state index contributed by atoms with van der Waals surface area (Å²) >= 11 is 0. The lowest BCUT2D eigenvalue weighted by atomic mass is 10.0. The molecule has 0 heterocycles. The Labute approximate surface area is 158 Å². The summed E-state index contributed by atoms with van der Waals surface area (Å²) in [7, 11) is 1.50. The number of carboxylic acid groups (broad SMARTS) is 1. The van der Waals surface area contributed by atoms with Crippen LogP contribution in [-0.2, 0) is 11.3 Å². The molecule has 0 unspecified atom stereocenters. The maximum absolute atomic E-state index is 12.1. The van der Waals surface area contributed by atoms with Gasteiger partial charge in [-0.3, -0.25) is 14.6 Å². The van der Waals surface area contributed by atoms with Crippen molar-refractivity contribution in [3.8, 4) is 11.5 Å². The van der Waals surface area contributed by atoms with Crippen LogP contribution in [0.2, 0.25) is 0 Å². The van der Waals surface area contributed by atoms with Crippen molar-refractivity contribution >= 4 is 18.2 Å². The molecule has 0 spiro atoms. The molecular formula is C21H23NO5. The number of hydrogen-bond acceptors (Lipinski definition) is 5. The number of carbonyl (C=O) groups excluding carboxylic acids is 1. The molecule has 27 heavy (non-hydrogen) atoms. The lowest BCUT2D eigenvalue weighted by molar-refractivity contribution is -0.136. The minimum Gasteiger partial charge on any atom is -0.493 e. The minimum absolute atomic E-state index is 0.0677. The summed E-state index contributed by atoms with van der Waals surface area (Å²) in [6, 6.07) is 10.8. The highest BCUT2D eigenvalue weighted by Crippen LogP contribution is 2.28. The second kappa shape index (κ2) is 9.52. The van der Waals surface area contributed by atoms with E-state index in [1.165, 1.54) is 19.6 Å². The number of rotatable bonds is 9. The number of carbonyl (C=O) groups is 2. The molecule has 0 radical (unpaired) electrons. The molecule has 0 aromatic heterocycles. The smallest absolute Gasteiger partial charge is 0.303 e. The second-order valence-corrected chi connectivity index (χ2v) is 6.12. The van der Waals surface area contributed by atoms with Crippen molar-refractivity contribution in [3.63, 3.8) is 0 Å². The zero-order valence-electron chi connectivity index (χ0n) is 15.7. The summed E-state index contributed by atoms with van der Waals surface area (Å²) in [6.45, 7) is 4.56. The van der Waals surface area contributed by atoms with E-state index in [2.05, 4.69) is 4.99 Å². The first-order valence-electron chi connectivity index (χ1n) is 8.55. The summed E-state index contributed by atoms with van der Waals surface area (Å²) in [6.07, 6.45) is 1.05. The number of ketones is 1. The molecule has 2 rings (SSSR count). The van der Waals surface area contributed by atoms with Gasteiger partial charge in [-0.15, -0.1) is 0 Å². The van der Waals surface area contributed by atoms with E-state index in [0.717, 1.165) is 16.7 Å². The average Bonchev–Trinajstić information content (AvgIpc) is 2.64. The van der Waals surface area contributed by atoms with Crippen LogP contribution in [0.25, 0.3) is 0 Å². The van der Waals surface area contributed by atoms with E-state index in [1.807, 2.05) is 32.0 Å². The highest BCUT2D eigenvalue weighted by atomic mass is 16.5. The molecule has 6 nitrogen and oxygen atoms in total. The summed E-state index contributed by atoms with van der Waals surface area (Å²) in [5.74, 6) is -0.461. The van der Waals surface area contributed by atoms with Gasteiger partial charge in [0.2, 0.25) is 0 Å². The lowest BCUT2D eigenvalue weighted by Crippen LogP contribution is -2.05. The fourth-order valence-electron chi connectivity index (χ4n) is 2.63. The van der Waals surface area contributed by atoms with Crippen molar-refractivity contribution in [2.75, 3.05) is 7.11 Å². The Morgan fingerprint density at radius 3 is 2.41 bits per heavy atom. The van der Waals surface area contributed by atoms with E-state index >= 15 is 0 Å². The Hall–Kier alpha value is -3.15. The molecule has 142 valence electrons. The average molecular weight is 369 g/mol. The van der Waals surface area contributed by atoms with Crippen LogP contribution < -0.4 is 9.47 Å². The second-order valence-electron chi connectivity index (χ2n) is 6.12. The van der Waals surface area contributed by atoms with E-state index in [4.69, 9.17) is 14.6 Å². The monoisotopic (exact) mass is 369 g/mol. The number of hydrogen-bond donors (Lipinski definition) is 1. The Bertz CT molecular complexity index is 837. The van der Waals surface area contributed by atoms with E-state index in [9.17, 15) is 9.59 Å². The number of aliphatic imine (C=N–C) groups is 1. The Morgan fingerprint density at radius 1 is 1.07 bits per heavy atom. The molecule has 2 aromatic carbocycles. The summed E-state index contributed by atoms with van der Waals surface area (Å²) in [5.41, 5.74) is 3.84. The van der Waals surface area contributed by atoms with Gasteiger partial charge in [-0.05, 0) is 48.7 Å². The maximum atomic E-state index is 12.1. The predicted octanol–water partition coefficient (Wildman–Crippen LogP) is 3.97. The summed E-state index contributed by atoms with van der Waals surface area (Å²) < 4.78 is 10.8. The number of methoxy groups -OCH3 is 1. The van der Waals surface area contributed by atoms with Crippen molar-refractivity contribution < 1.29 is 24.2 Å². The normalized spacial score (nSPS) is 10.8. The molecule has 0 saturated carbocycles. The Balaban J connectivity index is 2.09. The van der Waals surface area contributed by atoms with Gasteiger partial charge in [-0.1, -0.05) is 18.2 Å². The summed E-state index contributed by atoms with van der Waals surface area (Å²) in [4.78, 5) is 27.0. The molecule has 0 aliphatic heterocycles. The van der Waals surface area contributed by atoms with Crippen LogP contribution in [0.3, 0.4) is 0 Å². The van der Waals surface area contributed by atoms with Gasteiger partial charge in [0.1, 0.15) is 0 Å². The van der Waals surface area contributed by atoms with Gasteiger partial charge in [0.25, 0.3) is 0 Å². The highest BCUT2D eigenvalue weighted by molar-refractivity contribution is 5.98. The number of Topliss-reactive ketones (excluding diaryl/α,β-unsaturated/α-hetero) is 1. The van der Waals surface area contributed by atoms with E-state index in [-0.39, 0.29) is 18.6 Å². The third-order valence-electron chi connectivity index (χ3n) is 4.20. The molecule has 0 atom stereocenters. The number of ether oxygens (including phenoxy) is 2. The number of aryl methyl sites for hydroxylation is 2. The van der Waals surface area contributed by atoms with Gasteiger partial charge < -0.3 is 14.6 Å². The van der Waals surface area contributed by atoms with E-state index in [0.29, 0.717) is 23.6 Å². The fraction of sp³-hybridized carbons (Fsp3) is 0.286. The quantitative estimate of drug-likeness (QED) is 0.411.